The smallest absolute Gasteiger partial charge is 0.203 e. The molecule has 10 nitrogen and oxygen atoms in total. The van der Waals surface area contributed by atoms with Crippen LogP contribution in [0, 0.1) is 11.8 Å². The van der Waals surface area contributed by atoms with Gasteiger partial charge in [-0.15, -0.1) is 0 Å². The maximum Gasteiger partial charge on any atom is 0.203 e. The molecule has 0 spiro atoms. The van der Waals surface area contributed by atoms with Crippen molar-refractivity contribution in [3.8, 4) is 57.0 Å². The normalized spacial score (nSPS) is 15.6. The first-order valence-electron chi connectivity index (χ1n) is 16.5. The predicted molar refractivity (Wildman–Crippen MR) is 189 cm³/mol. The summed E-state index contributed by atoms with van der Waals surface area (Å²) in [6.45, 7) is 4.23. The second-order valence-electron chi connectivity index (χ2n) is 12.3. The van der Waals surface area contributed by atoms with Crippen molar-refractivity contribution < 1.29 is 28.4 Å². The number of rotatable bonds is 11. The summed E-state index contributed by atoms with van der Waals surface area (Å²) in [5.74, 6) is 5.15. The van der Waals surface area contributed by atoms with E-state index in [1.165, 1.54) is 37.1 Å². The highest BCUT2D eigenvalue weighted by Gasteiger charge is 2.30. The van der Waals surface area contributed by atoms with Gasteiger partial charge in [-0.2, -0.15) is 0 Å². The van der Waals surface area contributed by atoms with Crippen molar-refractivity contribution in [3.05, 3.63) is 60.9 Å². The Morgan fingerprint density at radius 2 is 0.812 bits per heavy atom. The molecule has 0 saturated carbocycles. The number of methoxy groups -OCH3 is 6. The number of hydrogen-bond donors (Lipinski definition) is 0. The summed E-state index contributed by atoms with van der Waals surface area (Å²) in [5.41, 5.74) is 5.91. The lowest BCUT2D eigenvalue weighted by Gasteiger charge is -2.41. The lowest BCUT2D eigenvalue weighted by Crippen LogP contribution is -2.41. The molecule has 0 atom stereocenters. The summed E-state index contributed by atoms with van der Waals surface area (Å²) in [6, 6.07) is 16.2. The van der Waals surface area contributed by atoms with Crippen LogP contribution in [0.15, 0.2) is 60.9 Å². The molecule has 2 aromatic heterocycles. The lowest BCUT2D eigenvalue weighted by molar-refractivity contribution is 0.233. The average Bonchev–Trinajstić information content (AvgIpc) is 3.16. The molecule has 0 aliphatic carbocycles. The number of nitrogens with zero attached hydrogens (tertiary/aromatic N) is 4. The summed E-state index contributed by atoms with van der Waals surface area (Å²) in [5, 5.41) is 0. The highest BCUT2D eigenvalue weighted by molar-refractivity contribution is 5.71. The molecule has 2 saturated heterocycles. The van der Waals surface area contributed by atoms with Crippen molar-refractivity contribution in [3.63, 3.8) is 0 Å². The largest absolute Gasteiger partial charge is 0.493 e. The number of piperidine rings is 2. The Kier molecular flexibility index (Phi) is 10.3. The van der Waals surface area contributed by atoms with Crippen LogP contribution in [-0.2, 0) is 0 Å². The van der Waals surface area contributed by atoms with E-state index in [2.05, 4.69) is 34.1 Å². The van der Waals surface area contributed by atoms with Gasteiger partial charge in [-0.1, -0.05) is 0 Å². The van der Waals surface area contributed by atoms with Gasteiger partial charge in [-0.05, 0) is 86.1 Å². The van der Waals surface area contributed by atoms with Crippen molar-refractivity contribution in [2.24, 2.45) is 11.8 Å². The maximum atomic E-state index is 5.53. The molecular formula is C38H46N4O6. The van der Waals surface area contributed by atoms with E-state index in [1.54, 1.807) is 42.7 Å². The fourth-order valence-corrected chi connectivity index (χ4v) is 7.20. The zero-order valence-electron chi connectivity index (χ0n) is 28.8. The summed E-state index contributed by atoms with van der Waals surface area (Å²) < 4.78 is 33.1. The van der Waals surface area contributed by atoms with E-state index in [4.69, 9.17) is 38.4 Å². The van der Waals surface area contributed by atoms with Crippen LogP contribution in [0.2, 0.25) is 0 Å². The van der Waals surface area contributed by atoms with Gasteiger partial charge in [-0.25, -0.2) is 0 Å². The maximum absolute atomic E-state index is 5.53. The number of benzene rings is 2. The molecule has 0 unspecified atom stereocenters. The van der Waals surface area contributed by atoms with Crippen LogP contribution in [-0.4, -0.2) is 78.8 Å². The van der Waals surface area contributed by atoms with Crippen LogP contribution >= 0.6 is 0 Å². The molecule has 2 aliphatic rings. The monoisotopic (exact) mass is 654 g/mol. The standard InChI is InChI=1S/C38H46N4O6/c1-43-33-19-27(20-34(44-2)37(33)47-5)31-9-7-29(23-39-31)41-15-11-25(12-16-41)26-13-17-42(18-14-26)30-8-10-32(40-24-30)28-21-35(45-3)38(48-6)36(22-28)46-4/h7-10,19-26H,11-18H2,1-6H3. The molecule has 2 fully saturated rings. The van der Waals surface area contributed by atoms with Crippen LogP contribution in [0.4, 0.5) is 11.4 Å². The number of anilines is 2. The van der Waals surface area contributed by atoms with E-state index in [9.17, 15) is 0 Å². The van der Waals surface area contributed by atoms with Crippen LogP contribution in [0.25, 0.3) is 22.5 Å². The molecule has 0 N–H and O–H groups in total. The highest BCUT2D eigenvalue weighted by atomic mass is 16.5. The van der Waals surface area contributed by atoms with Gasteiger partial charge < -0.3 is 38.2 Å². The minimum Gasteiger partial charge on any atom is -0.493 e. The molecule has 0 amide bonds. The van der Waals surface area contributed by atoms with Crippen molar-refractivity contribution >= 4 is 11.4 Å². The third-order valence-corrected chi connectivity index (χ3v) is 9.89. The summed E-state index contributed by atoms with van der Waals surface area (Å²) >= 11 is 0. The summed E-state index contributed by atoms with van der Waals surface area (Å²) in [6.07, 6.45) is 8.82. The minimum atomic E-state index is 0.577. The zero-order valence-corrected chi connectivity index (χ0v) is 28.8. The Balaban J connectivity index is 1.02. The van der Waals surface area contributed by atoms with Gasteiger partial charge >= 0.3 is 0 Å². The quantitative estimate of drug-likeness (QED) is 0.169. The third kappa shape index (κ3) is 6.74. The van der Waals surface area contributed by atoms with E-state index < -0.39 is 0 Å². The SMILES string of the molecule is COc1cc(-c2ccc(N3CCC(C4CCN(c5ccc(-c6cc(OC)c(OC)c(OC)c6)nc5)CC4)CC3)cn2)cc(OC)c1OC. The molecule has 2 aliphatic heterocycles. The molecule has 254 valence electrons. The van der Waals surface area contributed by atoms with Crippen LogP contribution < -0.4 is 38.2 Å². The number of aromatic nitrogens is 2. The fraction of sp³-hybridized carbons (Fsp3) is 0.421. The van der Waals surface area contributed by atoms with Crippen molar-refractivity contribution in [2.45, 2.75) is 25.7 Å². The van der Waals surface area contributed by atoms with Crippen LogP contribution in [0.5, 0.6) is 34.5 Å². The molecule has 4 aromatic rings. The lowest BCUT2D eigenvalue weighted by atomic mass is 9.78. The predicted octanol–water partition coefficient (Wildman–Crippen LogP) is 7.00. The van der Waals surface area contributed by atoms with E-state index in [1.807, 2.05) is 36.7 Å². The first-order chi connectivity index (χ1) is 23.5. The average molecular weight is 655 g/mol. The molecule has 2 aromatic carbocycles. The minimum absolute atomic E-state index is 0.577. The molecule has 10 heteroatoms. The van der Waals surface area contributed by atoms with Gasteiger partial charge in [0.25, 0.3) is 0 Å². The topological polar surface area (TPSA) is 87.6 Å². The van der Waals surface area contributed by atoms with Gasteiger partial charge in [0.1, 0.15) is 0 Å². The van der Waals surface area contributed by atoms with Crippen molar-refractivity contribution in [1.29, 1.82) is 0 Å². The molecular weight excluding hydrogens is 608 g/mol. The Bertz CT molecular complexity index is 1490. The van der Waals surface area contributed by atoms with E-state index in [0.29, 0.717) is 34.5 Å². The molecule has 6 rings (SSSR count). The van der Waals surface area contributed by atoms with Crippen molar-refractivity contribution in [2.75, 3.05) is 78.6 Å². The highest BCUT2D eigenvalue weighted by Crippen LogP contribution is 2.42. The van der Waals surface area contributed by atoms with Gasteiger partial charge in [0, 0.05) is 37.3 Å². The zero-order chi connectivity index (χ0) is 33.6. The van der Waals surface area contributed by atoms with Gasteiger partial charge in [0.2, 0.25) is 11.5 Å². The Morgan fingerprint density at radius 3 is 1.06 bits per heavy atom. The van der Waals surface area contributed by atoms with Crippen LogP contribution in [0.1, 0.15) is 25.7 Å². The summed E-state index contributed by atoms with van der Waals surface area (Å²) in [4.78, 5) is 14.5. The Labute approximate surface area is 283 Å². The fourth-order valence-electron chi connectivity index (χ4n) is 7.20. The first kappa shape index (κ1) is 33.1. The second-order valence-corrected chi connectivity index (χ2v) is 12.3. The number of pyridine rings is 2. The van der Waals surface area contributed by atoms with Gasteiger partial charge in [0.15, 0.2) is 23.0 Å². The van der Waals surface area contributed by atoms with E-state index in [-0.39, 0.29) is 0 Å². The number of hydrogen-bond acceptors (Lipinski definition) is 10. The molecule has 0 bridgehead atoms. The Morgan fingerprint density at radius 1 is 0.479 bits per heavy atom. The van der Waals surface area contributed by atoms with Gasteiger partial charge in [0.05, 0.1) is 77.8 Å². The van der Waals surface area contributed by atoms with E-state index >= 15 is 0 Å². The summed E-state index contributed by atoms with van der Waals surface area (Å²) in [7, 11) is 9.72. The molecule has 48 heavy (non-hydrogen) atoms. The van der Waals surface area contributed by atoms with E-state index in [0.717, 1.165) is 60.5 Å². The molecule has 4 heterocycles. The number of ether oxygens (including phenoxy) is 6. The first-order valence-corrected chi connectivity index (χ1v) is 16.5. The van der Waals surface area contributed by atoms with Crippen molar-refractivity contribution in [1.82, 2.24) is 9.97 Å². The van der Waals surface area contributed by atoms with Crippen LogP contribution in [0.3, 0.4) is 0 Å². The van der Waals surface area contributed by atoms with Gasteiger partial charge in [-0.3, -0.25) is 9.97 Å². The second kappa shape index (κ2) is 14.9. The Hall–Kier alpha value is -4.86. The third-order valence-electron chi connectivity index (χ3n) is 9.89. The molecule has 0 radical (unpaired) electrons.